The molecule has 0 fully saturated rings. The van der Waals surface area contributed by atoms with Crippen LogP contribution in [0.25, 0.3) is 0 Å². The van der Waals surface area contributed by atoms with Gasteiger partial charge in [0.1, 0.15) is 0 Å². The van der Waals surface area contributed by atoms with Gasteiger partial charge < -0.3 is 5.73 Å². The fourth-order valence-electron chi connectivity index (χ4n) is 2.97. The summed E-state index contributed by atoms with van der Waals surface area (Å²) < 4.78 is 0. The third-order valence-corrected chi connectivity index (χ3v) is 4.16. The number of nitrogens with two attached hydrogens (primary N) is 1. The maximum absolute atomic E-state index is 5.87. The minimum atomic E-state index is 0.440. The standard InChI is InChI=1S/C17H20N2/c1-12-5-3-4-6-17(12)13(2)19-10-14-7-8-16(18)9-15(14)11-19/h3-9,13H,10-11,18H2,1-2H3. The van der Waals surface area contributed by atoms with Crippen LogP contribution in [-0.2, 0) is 13.1 Å². The van der Waals surface area contributed by atoms with Crippen molar-refractivity contribution in [1.82, 2.24) is 4.90 Å². The van der Waals surface area contributed by atoms with Gasteiger partial charge in [0.2, 0.25) is 0 Å². The van der Waals surface area contributed by atoms with Crippen molar-refractivity contribution in [1.29, 1.82) is 0 Å². The van der Waals surface area contributed by atoms with Crippen LogP contribution in [-0.4, -0.2) is 4.90 Å². The number of hydrogen-bond acceptors (Lipinski definition) is 2. The smallest absolute Gasteiger partial charge is 0.0329 e. The molecule has 0 bridgehead atoms. The minimum Gasteiger partial charge on any atom is -0.399 e. The van der Waals surface area contributed by atoms with E-state index in [0.29, 0.717) is 6.04 Å². The van der Waals surface area contributed by atoms with Crippen LogP contribution in [0.2, 0.25) is 0 Å². The van der Waals surface area contributed by atoms with E-state index in [9.17, 15) is 0 Å². The van der Waals surface area contributed by atoms with Gasteiger partial charge in [-0.2, -0.15) is 0 Å². The van der Waals surface area contributed by atoms with Crippen LogP contribution in [0.3, 0.4) is 0 Å². The van der Waals surface area contributed by atoms with Gasteiger partial charge >= 0.3 is 0 Å². The molecule has 0 saturated carbocycles. The van der Waals surface area contributed by atoms with Crippen LogP contribution >= 0.6 is 0 Å². The fraction of sp³-hybridized carbons (Fsp3) is 0.294. The van der Waals surface area contributed by atoms with Gasteiger partial charge in [0, 0.05) is 24.8 Å². The van der Waals surface area contributed by atoms with E-state index in [2.05, 4.69) is 55.1 Å². The third kappa shape index (κ3) is 2.24. The molecule has 1 aliphatic heterocycles. The molecule has 0 saturated heterocycles. The second kappa shape index (κ2) is 4.71. The number of nitrogens with zero attached hydrogens (tertiary/aromatic N) is 1. The first-order valence-corrected chi connectivity index (χ1v) is 6.82. The van der Waals surface area contributed by atoms with Gasteiger partial charge in [0.05, 0.1) is 0 Å². The van der Waals surface area contributed by atoms with E-state index in [1.165, 1.54) is 22.3 Å². The molecule has 1 aliphatic rings. The first-order chi connectivity index (χ1) is 9.15. The van der Waals surface area contributed by atoms with Crippen molar-refractivity contribution in [2.45, 2.75) is 33.0 Å². The van der Waals surface area contributed by atoms with E-state index in [4.69, 9.17) is 5.73 Å². The van der Waals surface area contributed by atoms with Crippen LogP contribution in [0, 0.1) is 6.92 Å². The Kier molecular flexibility index (Phi) is 3.03. The molecule has 2 aromatic rings. The predicted molar refractivity (Wildman–Crippen MR) is 79.7 cm³/mol. The van der Waals surface area contributed by atoms with Gasteiger partial charge in [-0.1, -0.05) is 30.3 Å². The van der Waals surface area contributed by atoms with E-state index in [0.717, 1.165) is 18.8 Å². The lowest BCUT2D eigenvalue weighted by atomic mass is 10.0. The van der Waals surface area contributed by atoms with Gasteiger partial charge in [-0.05, 0) is 48.2 Å². The summed E-state index contributed by atoms with van der Waals surface area (Å²) in [4.78, 5) is 2.51. The normalized spacial score (nSPS) is 16.3. The number of fused-ring (bicyclic) bond motifs is 1. The molecule has 1 heterocycles. The molecular formula is C17H20N2. The van der Waals surface area contributed by atoms with Crippen molar-refractivity contribution in [3.63, 3.8) is 0 Å². The predicted octanol–water partition coefficient (Wildman–Crippen LogP) is 3.65. The van der Waals surface area contributed by atoms with Gasteiger partial charge in [-0.25, -0.2) is 0 Å². The Morgan fingerprint density at radius 1 is 1.05 bits per heavy atom. The summed E-state index contributed by atoms with van der Waals surface area (Å²) >= 11 is 0. The van der Waals surface area contributed by atoms with Crippen LogP contribution in [0.4, 0.5) is 5.69 Å². The fourth-order valence-corrected chi connectivity index (χ4v) is 2.97. The highest BCUT2D eigenvalue weighted by Gasteiger charge is 2.24. The molecule has 1 unspecified atom stereocenters. The van der Waals surface area contributed by atoms with E-state index in [-0.39, 0.29) is 0 Å². The molecular weight excluding hydrogens is 232 g/mol. The lowest BCUT2D eigenvalue weighted by Crippen LogP contribution is -2.21. The molecule has 0 aromatic heterocycles. The highest BCUT2D eigenvalue weighted by molar-refractivity contribution is 5.46. The zero-order valence-corrected chi connectivity index (χ0v) is 11.6. The number of benzene rings is 2. The van der Waals surface area contributed by atoms with Gasteiger partial charge in [0.15, 0.2) is 0 Å². The summed E-state index contributed by atoms with van der Waals surface area (Å²) in [6.07, 6.45) is 0. The molecule has 2 N–H and O–H groups in total. The zero-order chi connectivity index (χ0) is 13.4. The monoisotopic (exact) mass is 252 g/mol. The maximum Gasteiger partial charge on any atom is 0.0329 e. The molecule has 0 radical (unpaired) electrons. The van der Waals surface area contributed by atoms with Crippen molar-refractivity contribution in [2.75, 3.05) is 5.73 Å². The van der Waals surface area contributed by atoms with Crippen LogP contribution in [0.1, 0.15) is 35.2 Å². The number of hydrogen-bond donors (Lipinski definition) is 1. The second-order valence-electron chi connectivity index (χ2n) is 5.47. The minimum absolute atomic E-state index is 0.440. The van der Waals surface area contributed by atoms with Crippen molar-refractivity contribution < 1.29 is 0 Å². The summed E-state index contributed by atoms with van der Waals surface area (Å²) in [7, 11) is 0. The highest BCUT2D eigenvalue weighted by Crippen LogP contribution is 2.32. The first-order valence-electron chi connectivity index (χ1n) is 6.82. The Bertz CT molecular complexity index is 604. The molecule has 2 nitrogen and oxygen atoms in total. The zero-order valence-electron chi connectivity index (χ0n) is 11.6. The Hall–Kier alpha value is -1.80. The lowest BCUT2D eigenvalue weighted by Gasteiger charge is -2.25. The van der Waals surface area contributed by atoms with E-state index in [1.807, 2.05) is 6.07 Å². The van der Waals surface area contributed by atoms with Crippen molar-refractivity contribution in [3.8, 4) is 0 Å². The number of nitrogen functional groups attached to an aromatic ring is 1. The van der Waals surface area contributed by atoms with E-state index in [1.54, 1.807) is 0 Å². The Balaban J connectivity index is 1.85. The summed E-state index contributed by atoms with van der Waals surface area (Å²) in [5, 5.41) is 0. The van der Waals surface area contributed by atoms with Gasteiger partial charge in [-0.3, -0.25) is 4.90 Å². The molecule has 2 aromatic carbocycles. The maximum atomic E-state index is 5.87. The summed E-state index contributed by atoms with van der Waals surface area (Å²) in [6.45, 7) is 6.49. The quantitative estimate of drug-likeness (QED) is 0.827. The molecule has 0 amide bonds. The Labute approximate surface area is 114 Å². The molecule has 98 valence electrons. The molecule has 0 spiro atoms. The lowest BCUT2D eigenvalue weighted by molar-refractivity contribution is 0.214. The second-order valence-corrected chi connectivity index (χ2v) is 5.47. The average molecular weight is 252 g/mol. The van der Waals surface area contributed by atoms with Crippen LogP contribution < -0.4 is 5.73 Å². The Morgan fingerprint density at radius 2 is 1.79 bits per heavy atom. The third-order valence-electron chi connectivity index (χ3n) is 4.16. The summed E-state index contributed by atoms with van der Waals surface area (Å²) in [5.41, 5.74) is 12.3. The van der Waals surface area contributed by atoms with Crippen molar-refractivity contribution in [2.24, 2.45) is 0 Å². The summed E-state index contributed by atoms with van der Waals surface area (Å²) in [6, 6.07) is 15.4. The van der Waals surface area contributed by atoms with E-state index >= 15 is 0 Å². The SMILES string of the molecule is Cc1ccccc1C(C)N1Cc2ccc(N)cc2C1. The Morgan fingerprint density at radius 3 is 2.58 bits per heavy atom. The largest absolute Gasteiger partial charge is 0.399 e. The van der Waals surface area contributed by atoms with Crippen LogP contribution in [0.15, 0.2) is 42.5 Å². The van der Waals surface area contributed by atoms with Crippen LogP contribution in [0.5, 0.6) is 0 Å². The molecule has 1 atom stereocenters. The molecule has 2 heteroatoms. The molecule has 19 heavy (non-hydrogen) atoms. The topological polar surface area (TPSA) is 29.3 Å². The molecule has 3 rings (SSSR count). The van der Waals surface area contributed by atoms with Crippen molar-refractivity contribution in [3.05, 3.63) is 64.7 Å². The van der Waals surface area contributed by atoms with E-state index < -0.39 is 0 Å². The molecule has 0 aliphatic carbocycles. The highest BCUT2D eigenvalue weighted by atomic mass is 15.2. The first kappa shape index (κ1) is 12.2. The van der Waals surface area contributed by atoms with Gasteiger partial charge in [-0.15, -0.1) is 0 Å². The number of rotatable bonds is 2. The summed E-state index contributed by atoms with van der Waals surface area (Å²) in [5.74, 6) is 0. The van der Waals surface area contributed by atoms with Gasteiger partial charge in [0.25, 0.3) is 0 Å². The number of anilines is 1. The number of aryl methyl sites for hydroxylation is 1. The average Bonchev–Trinajstić information content (AvgIpc) is 2.81. The van der Waals surface area contributed by atoms with Crippen molar-refractivity contribution >= 4 is 5.69 Å².